The topological polar surface area (TPSA) is 80.7 Å². The molecular formula is C24H28F2O5. The number of alkyl halides is 1. The van der Waals surface area contributed by atoms with Crippen LogP contribution in [0.2, 0.25) is 0 Å². The highest BCUT2D eigenvalue weighted by Gasteiger charge is 2.59. The molecule has 0 aliphatic heterocycles. The minimum atomic E-state index is -1.55. The van der Waals surface area contributed by atoms with Crippen LogP contribution in [0.5, 0.6) is 0 Å². The van der Waals surface area contributed by atoms with Crippen LogP contribution in [0.1, 0.15) is 46.5 Å². The van der Waals surface area contributed by atoms with Crippen molar-refractivity contribution in [3.63, 3.8) is 0 Å². The maximum Gasteiger partial charge on any atom is 0.335 e. The largest absolute Gasteiger partial charge is 0.456 e. The monoisotopic (exact) mass is 434 g/mol. The number of carbonyl (C=O) groups excluding carboxylic acids is 3. The molecule has 1 N–H and O–H groups in total. The standard InChI is InChI=1S/C24H28F2O5/c1-12(27)22(30)31-11-19(29)16-5-4-14-13-10-17(25)20-21(26)18(28)7-9-24(20,3)15(13)6-8-23(14,16)2/h6-7,9,12-14,16-17,27H,4-5,8,10-11H2,1-3H3/t12?,13-,14-,16+,17-,23-,24+/m0/s1. The third-order valence-corrected chi connectivity index (χ3v) is 8.10. The SMILES string of the molecule is CC(O)C(=O)OCC(=O)[C@H]1CC[C@H]2[C@@H]3C[C@H](F)C4=C(F)C(=O)C=C[C@]4(C)C3=CC[C@]12C. The molecule has 0 amide bonds. The van der Waals surface area contributed by atoms with Crippen molar-refractivity contribution in [3.8, 4) is 0 Å². The van der Waals surface area contributed by atoms with Gasteiger partial charge in [-0.25, -0.2) is 13.6 Å². The zero-order valence-electron chi connectivity index (χ0n) is 18.0. The van der Waals surface area contributed by atoms with E-state index in [-0.39, 0.29) is 42.1 Å². The van der Waals surface area contributed by atoms with Gasteiger partial charge in [-0.3, -0.25) is 9.59 Å². The van der Waals surface area contributed by atoms with E-state index >= 15 is 4.39 Å². The number of hydrogen-bond donors (Lipinski definition) is 1. The van der Waals surface area contributed by atoms with Crippen LogP contribution in [0.3, 0.4) is 0 Å². The smallest absolute Gasteiger partial charge is 0.335 e. The summed E-state index contributed by atoms with van der Waals surface area (Å²) in [5, 5.41) is 9.26. The van der Waals surface area contributed by atoms with Crippen molar-refractivity contribution < 1.29 is 33.0 Å². The summed E-state index contributed by atoms with van der Waals surface area (Å²) in [5.41, 5.74) is -0.503. The molecule has 0 aromatic carbocycles. The van der Waals surface area contributed by atoms with Gasteiger partial charge < -0.3 is 9.84 Å². The van der Waals surface area contributed by atoms with Gasteiger partial charge in [0.25, 0.3) is 0 Å². The number of fused-ring (bicyclic) bond motifs is 5. The highest BCUT2D eigenvalue weighted by atomic mass is 19.1. The number of halogens is 2. The molecule has 0 spiro atoms. The number of aliphatic hydroxyl groups excluding tert-OH is 1. The van der Waals surface area contributed by atoms with Crippen molar-refractivity contribution in [2.45, 2.75) is 58.7 Å². The van der Waals surface area contributed by atoms with Crippen LogP contribution in [-0.2, 0) is 19.1 Å². The lowest BCUT2D eigenvalue weighted by atomic mass is 9.51. The first-order chi connectivity index (χ1) is 14.5. The normalized spacial score (nSPS) is 39.9. The number of Topliss-reactive ketones (excluding diaryl/α,β-unsaturated/α-hetero) is 1. The second kappa shape index (κ2) is 7.47. The van der Waals surface area contributed by atoms with Crippen molar-refractivity contribution in [2.75, 3.05) is 6.61 Å². The van der Waals surface area contributed by atoms with Crippen molar-refractivity contribution in [3.05, 3.63) is 35.2 Å². The molecule has 5 nitrogen and oxygen atoms in total. The Balaban J connectivity index is 1.62. The summed E-state index contributed by atoms with van der Waals surface area (Å²) in [5.74, 6) is -3.23. The molecule has 7 heteroatoms. The van der Waals surface area contributed by atoms with E-state index in [4.69, 9.17) is 4.74 Å². The van der Waals surface area contributed by atoms with Crippen molar-refractivity contribution in [1.82, 2.24) is 0 Å². The molecule has 0 radical (unpaired) electrons. The number of aliphatic hydroxyl groups is 1. The summed E-state index contributed by atoms with van der Waals surface area (Å²) < 4.78 is 34.7. The number of ether oxygens (including phenoxy) is 1. The Kier molecular flexibility index (Phi) is 5.31. The fourth-order valence-corrected chi connectivity index (χ4v) is 6.52. The molecule has 0 bridgehead atoms. The average Bonchev–Trinajstić information content (AvgIpc) is 3.06. The Hall–Kier alpha value is -2.15. The van der Waals surface area contributed by atoms with E-state index in [2.05, 4.69) is 0 Å². The average molecular weight is 434 g/mol. The lowest BCUT2D eigenvalue weighted by Crippen LogP contribution is -2.48. The summed E-state index contributed by atoms with van der Waals surface area (Å²) >= 11 is 0. The minimum absolute atomic E-state index is 0.0413. The summed E-state index contributed by atoms with van der Waals surface area (Å²) in [4.78, 5) is 36.2. The fourth-order valence-electron chi connectivity index (χ4n) is 6.52. The third kappa shape index (κ3) is 3.23. The van der Waals surface area contributed by atoms with E-state index in [9.17, 15) is 23.9 Å². The molecule has 31 heavy (non-hydrogen) atoms. The first-order valence-electron chi connectivity index (χ1n) is 10.9. The number of esters is 1. The van der Waals surface area contributed by atoms with Gasteiger partial charge in [-0.2, -0.15) is 0 Å². The van der Waals surface area contributed by atoms with Gasteiger partial charge in [-0.1, -0.05) is 24.6 Å². The zero-order chi connectivity index (χ0) is 22.7. The van der Waals surface area contributed by atoms with E-state index in [0.717, 1.165) is 12.0 Å². The summed E-state index contributed by atoms with van der Waals surface area (Å²) in [6.07, 6.45) is 4.00. The number of allylic oxidation sites excluding steroid dienone is 6. The van der Waals surface area contributed by atoms with Gasteiger partial charge in [-0.15, -0.1) is 0 Å². The third-order valence-electron chi connectivity index (χ3n) is 8.10. The Bertz CT molecular complexity index is 932. The molecule has 2 saturated carbocycles. The Labute approximate surface area is 180 Å². The maximum atomic E-state index is 15.2. The van der Waals surface area contributed by atoms with Crippen LogP contribution >= 0.6 is 0 Å². The first-order valence-corrected chi connectivity index (χ1v) is 10.9. The van der Waals surface area contributed by atoms with Gasteiger partial charge in [-0.05, 0) is 62.9 Å². The van der Waals surface area contributed by atoms with Crippen LogP contribution in [-0.4, -0.2) is 41.5 Å². The lowest BCUT2D eigenvalue weighted by molar-refractivity contribution is -0.157. The highest BCUT2D eigenvalue weighted by Crippen LogP contribution is 2.64. The fraction of sp³-hybridized carbons (Fsp3) is 0.625. The molecular weight excluding hydrogens is 406 g/mol. The molecule has 168 valence electrons. The molecule has 4 aliphatic carbocycles. The predicted octanol–water partition coefficient (Wildman–Crippen LogP) is 3.57. The highest BCUT2D eigenvalue weighted by molar-refractivity contribution is 6.04. The molecule has 0 aromatic rings. The Morgan fingerprint density at radius 2 is 2.03 bits per heavy atom. The van der Waals surface area contributed by atoms with E-state index in [0.29, 0.717) is 12.8 Å². The molecule has 7 atom stereocenters. The summed E-state index contributed by atoms with van der Waals surface area (Å²) in [7, 11) is 0. The van der Waals surface area contributed by atoms with Crippen LogP contribution in [0, 0.1) is 28.6 Å². The number of hydrogen-bond acceptors (Lipinski definition) is 5. The zero-order valence-corrected chi connectivity index (χ0v) is 18.0. The Morgan fingerprint density at radius 3 is 2.71 bits per heavy atom. The van der Waals surface area contributed by atoms with E-state index < -0.39 is 40.7 Å². The number of rotatable bonds is 4. The van der Waals surface area contributed by atoms with Gasteiger partial charge in [0.05, 0.1) is 0 Å². The molecule has 4 rings (SSSR count). The second-order valence-electron chi connectivity index (χ2n) is 9.79. The van der Waals surface area contributed by atoms with Crippen molar-refractivity contribution in [1.29, 1.82) is 0 Å². The van der Waals surface area contributed by atoms with Crippen LogP contribution in [0.25, 0.3) is 0 Å². The van der Waals surface area contributed by atoms with Crippen LogP contribution in [0.4, 0.5) is 8.78 Å². The van der Waals surface area contributed by atoms with E-state index in [1.165, 1.54) is 13.0 Å². The van der Waals surface area contributed by atoms with Gasteiger partial charge in [0, 0.05) is 16.9 Å². The molecule has 0 heterocycles. The van der Waals surface area contributed by atoms with Gasteiger partial charge in [0.1, 0.15) is 18.9 Å². The quantitative estimate of drug-likeness (QED) is 0.541. The van der Waals surface area contributed by atoms with E-state index in [1.54, 1.807) is 13.0 Å². The van der Waals surface area contributed by atoms with Gasteiger partial charge in [0.2, 0.25) is 5.78 Å². The van der Waals surface area contributed by atoms with Crippen molar-refractivity contribution >= 4 is 17.5 Å². The summed E-state index contributed by atoms with van der Waals surface area (Å²) in [6.45, 7) is 4.69. The Morgan fingerprint density at radius 1 is 1.32 bits per heavy atom. The number of ketones is 2. The van der Waals surface area contributed by atoms with Crippen LogP contribution in [0.15, 0.2) is 35.2 Å². The maximum absolute atomic E-state index is 15.2. The van der Waals surface area contributed by atoms with E-state index in [1.807, 2.05) is 13.0 Å². The predicted molar refractivity (Wildman–Crippen MR) is 108 cm³/mol. The van der Waals surface area contributed by atoms with Gasteiger partial charge >= 0.3 is 5.97 Å². The van der Waals surface area contributed by atoms with Crippen LogP contribution < -0.4 is 0 Å². The molecule has 0 saturated heterocycles. The molecule has 0 aromatic heterocycles. The molecule has 2 fully saturated rings. The van der Waals surface area contributed by atoms with Crippen molar-refractivity contribution in [2.24, 2.45) is 28.6 Å². The minimum Gasteiger partial charge on any atom is -0.456 e. The number of carbonyl (C=O) groups is 3. The van der Waals surface area contributed by atoms with Gasteiger partial charge in [0.15, 0.2) is 11.6 Å². The molecule has 1 unspecified atom stereocenters. The lowest BCUT2D eigenvalue weighted by Gasteiger charge is -2.52. The molecule has 4 aliphatic rings. The summed E-state index contributed by atoms with van der Waals surface area (Å²) in [6, 6.07) is 0. The first kappa shape index (κ1) is 22.1. The second-order valence-corrected chi connectivity index (χ2v) is 9.79.